The summed E-state index contributed by atoms with van der Waals surface area (Å²) in [4.78, 5) is 21.0. The first-order valence-corrected chi connectivity index (χ1v) is 4.70. The Labute approximate surface area is 82.9 Å². The predicted octanol–water partition coefficient (Wildman–Crippen LogP) is 0.679. The minimum Gasteiger partial charge on any atom is -0.481 e. The molecule has 4 N–H and O–H groups in total. The molecule has 0 spiro atoms. The molecule has 5 nitrogen and oxygen atoms in total. The van der Waals surface area contributed by atoms with Gasteiger partial charge in [-0.2, -0.15) is 0 Å². The topological polar surface area (TPSA) is 101 Å². The Hall–Kier alpha value is -1.10. The number of nitrogens with two attached hydrogens (primary N) is 1. The third-order valence-electron chi connectivity index (χ3n) is 2.08. The standard InChI is InChI=1S/C9H17NO4/c1-2-3-6(10)4-5-7(8(11)12)9(13)14/h6-7H,2-5,10H2,1H3,(H,11,12)(H,13,14). The Kier molecular flexibility index (Phi) is 5.87. The fourth-order valence-electron chi connectivity index (χ4n) is 1.25. The Morgan fingerprint density at radius 2 is 1.64 bits per heavy atom. The van der Waals surface area contributed by atoms with Gasteiger partial charge in [0.15, 0.2) is 5.92 Å². The molecular formula is C9H17NO4. The zero-order valence-electron chi connectivity index (χ0n) is 8.27. The maximum atomic E-state index is 10.5. The summed E-state index contributed by atoms with van der Waals surface area (Å²) < 4.78 is 0. The van der Waals surface area contributed by atoms with E-state index in [1.165, 1.54) is 0 Å². The van der Waals surface area contributed by atoms with Crippen molar-refractivity contribution in [3.8, 4) is 0 Å². The van der Waals surface area contributed by atoms with Gasteiger partial charge in [-0.1, -0.05) is 13.3 Å². The van der Waals surface area contributed by atoms with Gasteiger partial charge in [0.25, 0.3) is 0 Å². The lowest BCUT2D eigenvalue weighted by Crippen LogP contribution is -2.27. The summed E-state index contributed by atoms with van der Waals surface area (Å²) >= 11 is 0. The second-order valence-corrected chi connectivity index (χ2v) is 3.36. The van der Waals surface area contributed by atoms with Crippen molar-refractivity contribution in [3.05, 3.63) is 0 Å². The lowest BCUT2D eigenvalue weighted by molar-refractivity contribution is -0.154. The van der Waals surface area contributed by atoms with Gasteiger partial charge in [-0.15, -0.1) is 0 Å². The summed E-state index contributed by atoms with van der Waals surface area (Å²) in [6, 6.07) is -0.0961. The highest BCUT2D eigenvalue weighted by Gasteiger charge is 2.25. The van der Waals surface area contributed by atoms with Crippen LogP contribution in [0.5, 0.6) is 0 Å². The molecule has 0 aromatic rings. The monoisotopic (exact) mass is 203 g/mol. The molecule has 0 bridgehead atoms. The number of carboxylic acids is 2. The van der Waals surface area contributed by atoms with E-state index in [0.29, 0.717) is 6.42 Å². The molecule has 0 aliphatic rings. The van der Waals surface area contributed by atoms with Crippen molar-refractivity contribution >= 4 is 11.9 Å². The fraction of sp³-hybridized carbons (Fsp3) is 0.778. The maximum absolute atomic E-state index is 10.5. The van der Waals surface area contributed by atoms with Gasteiger partial charge in [0.05, 0.1) is 0 Å². The van der Waals surface area contributed by atoms with E-state index in [0.717, 1.165) is 12.8 Å². The molecular weight excluding hydrogens is 186 g/mol. The minimum atomic E-state index is -1.32. The van der Waals surface area contributed by atoms with Gasteiger partial charge in [-0.25, -0.2) is 0 Å². The normalized spacial score (nSPS) is 12.8. The number of carboxylic acid groups (broad SMARTS) is 2. The summed E-state index contributed by atoms with van der Waals surface area (Å²) in [7, 11) is 0. The summed E-state index contributed by atoms with van der Waals surface area (Å²) in [5.41, 5.74) is 5.65. The van der Waals surface area contributed by atoms with Crippen LogP contribution < -0.4 is 5.73 Å². The van der Waals surface area contributed by atoms with Crippen LogP contribution in [-0.2, 0) is 9.59 Å². The van der Waals surface area contributed by atoms with Crippen molar-refractivity contribution in [1.29, 1.82) is 0 Å². The molecule has 0 heterocycles. The third kappa shape index (κ3) is 4.81. The van der Waals surface area contributed by atoms with E-state index in [1.807, 2.05) is 6.92 Å². The Balaban J connectivity index is 3.94. The van der Waals surface area contributed by atoms with Crippen molar-refractivity contribution in [2.45, 2.75) is 38.6 Å². The van der Waals surface area contributed by atoms with E-state index in [-0.39, 0.29) is 12.5 Å². The van der Waals surface area contributed by atoms with Gasteiger partial charge in [0.1, 0.15) is 0 Å². The van der Waals surface area contributed by atoms with E-state index in [9.17, 15) is 9.59 Å². The molecule has 0 aromatic carbocycles. The van der Waals surface area contributed by atoms with Gasteiger partial charge in [0, 0.05) is 6.04 Å². The van der Waals surface area contributed by atoms with E-state index < -0.39 is 17.9 Å². The molecule has 5 heteroatoms. The highest BCUT2D eigenvalue weighted by molar-refractivity contribution is 5.92. The molecule has 82 valence electrons. The van der Waals surface area contributed by atoms with Crippen LogP contribution >= 0.6 is 0 Å². The van der Waals surface area contributed by atoms with Gasteiger partial charge in [-0.05, 0) is 19.3 Å². The zero-order chi connectivity index (χ0) is 11.1. The summed E-state index contributed by atoms with van der Waals surface area (Å²) in [6.07, 6.45) is 2.26. The van der Waals surface area contributed by atoms with Crippen LogP contribution in [0.25, 0.3) is 0 Å². The molecule has 1 atom stereocenters. The Morgan fingerprint density at radius 3 is 2.00 bits per heavy atom. The molecule has 0 fully saturated rings. The first-order valence-electron chi connectivity index (χ1n) is 4.70. The molecule has 0 aromatic heterocycles. The number of aliphatic carboxylic acids is 2. The van der Waals surface area contributed by atoms with Crippen molar-refractivity contribution in [1.82, 2.24) is 0 Å². The lowest BCUT2D eigenvalue weighted by atomic mass is 9.98. The largest absolute Gasteiger partial charge is 0.481 e. The Bertz CT molecular complexity index is 191. The van der Waals surface area contributed by atoms with Crippen molar-refractivity contribution in [3.63, 3.8) is 0 Å². The van der Waals surface area contributed by atoms with Crippen LogP contribution in [0.2, 0.25) is 0 Å². The molecule has 0 saturated carbocycles. The zero-order valence-corrected chi connectivity index (χ0v) is 8.27. The number of rotatable bonds is 7. The van der Waals surface area contributed by atoms with Crippen LogP contribution in [-0.4, -0.2) is 28.2 Å². The average molecular weight is 203 g/mol. The van der Waals surface area contributed by atoms with E-state index in [4.69, 9.17) is 15.9 Å². The average Bonchev–Trinajstić information content (AvgIpc) is 2.03. The number of hydrogen-bond acceptors (Lipinski definition) is 3. The molecule has 1 unspecified atom stereocenters. The highest BCUT2D eigenvalue weighted by atomic mass is 16.4. The summed E-state index contributed by atoms with van der Waals surface area (Å²) in [5.74, 6) is -3.90. The van der Waals surface area contributed by atoms with Gasteiger partial charge in [-0.3, -0.25) is 9.59 Å². The van der Waals surface area contributed by atoms with E-state index in [2.05, 4.69) is 0 Å². The smallest absolute Gasteiger partial charge is 0.317 e. The van der Waals surface area contributed by atoms with Crippen LogP contribution in [0.4, 0.5) is 0 Å². The van der Waals surface area contributed by atoms with Crippen molar-refractivity contribution in [2.24, 2.45) is 11.7 Å². The molecule has 0 radical (unpaired) electrons. The predicted molar refractivity (Wildman–Crippen MR) is 50.9 cm³/mol. The SMILES string of the molecule is CCCC(N)CCC(C(=O)O)C(=O)O. The van der Waals surface area contributed by atoms with Crippen LogP contribution in [0.3, 0.4) is 0 Å². The van der Waals surface area contributed by atoms with Gasteiger partial charge < -0.3 is 15.9 Å². The van der Waals surface area contributed by atoms with Crippen molar-refractivity contribution in [2.75, 3.05) is 0 Å². The van der Waals surface area contributed by atoms with Crippen LogP contribution in [0, 0.1) is 5.92 Å². The van der Waals surface area contributed by atoms with Gasteiger partial charge in [0.2, 0.25) is 0 Å². The molecule has 14 heavy (non-hydrogen) atoms. The Morgan fingerprint density at radius 1 is 1.14 bits per heavy atom. The molecule has 0 saturated heterocycles. The van der Waals surface area contributed by atoms with Crippen molar-refractivity contribution < 1.29 is 19.8 Å². The lowest BCUT2D eigenvalue weighted by Gasteiger charge is -2.12. The molecule has 0 aliphatic heterocycles. The third-order valence-corrected chi connectivity index (χ3v) is 2.08. The van der Waals surface area contributed by atoms with Crippen LogP contribution in [0.15, 0.2) is 0 Å². The summed E-state index contributed by atoms with van der Waals surface area (Å²) in [5, 5.41) is 17.1. The highest BCUT2D eigenvalue weighted by Crippen LogP contribution is 2.11. The van der Waals surface area contributed by atoms with Gasteiger partial charge >= 0.3 is 11.9 Å². The van der Waals surface area contributed by atoms with Crippen LogP contribution in [0.1, 0.15) is 32.6 Å². The quantitative estimate of drug-likeness (QED) is 0.528. The fourth-order valence-corrected chi connectivity index (χ4v) is 1.25. The second kappa shape index (κ2) is 6.37. The first kappa shape index (κ1) is 12.9. The first-order chi connectivity index (χ1) is 6.49. The molecule has 0 amide bonds. The number of carbonyl (C=O) groups is 2. The molecule has 0 aliphatic carbocycles. The number of hydrogen-bond donors (Lipinski definition) is 3. The summed E-state index contributed by atoms with van der Waals surface area (Å²) in [6.45, 7) is 1.98. The van der Waals surface area contributed by atoms with E-state index >= 15 is 0 Å². The molecule has 0 rings (SSSR count). The maximum Gasteiger partial charge on any atom is 0.317 e. The van der Waals surface area contributed by atoms with E-state index in [1.54, 1.807) is 0 Å². The minimum absolute atomic E-state index is 0.0961. The second-order valence-electron chi connectivity index (χ2n) is 3.36.